The molecule has 0 amide bonds. The van der Waals surface area contributed by atoms with Gasteiger partial charge in [0.1, 0.15) is 11.6 Å². The Morgan fingerprint density at radius 3 is 2.43 bits per heavy atom. The highest BCUT2D eigenvalue weighted by Gasteiger charge is 2.25. The minimum absolute atomic E-state index is 0.132. The van der Waals surface area contributed by atoms with E-state index in [-0.39, 0.29) is 11.3 Å². The second-order valence-electron chi connectivity index (χ2n) is 7.66. The van der Waals surface area contributed by atoms with E-state index in [1.807, 2.05) is 19.1 Å². The van der Waals surface area contributed by atoms with E-state index >= 15 is 0 Å². The minimum Gasteiger partial charge on any atom is -0.399 e. The molecule has 1 aliphatic rings. The van der Waals surface area contributed by atoms with E-state index in [0.717, 1.165) is 42.8 Å². The van der Waals surface area contributed by atoms with Gasteiger partial charge in [0, 0.05) is 43.0 Å². The molecule has 1 aromatic carbocycles. The molecule has 0 aliphatic carbocycles. The number of piperazine rings is 1. The third kappa shape index (κ3) is 3.94. The highest BCUT2D eigenvalue weighted by Crippen LogP contribution is 2.35. The Morgan fingerprint density at radius 2 is 1.82 bits per heavy atom. The van der Waals surface area contributed by atoms with Crippen LogP contribution in [0.1, 0.15) is 48.6 Å². The Bertz CT molecular complexity index is 856. The summed E-state index contributed by atoms with van der Waals surface area (Å²) in [5.41, 5.74) is 6.94. The van der Waals surface area contributed by atoms with Crippen molar-refractivity contribution in [3.05, 3.63) is 52.5 Å². The fraction of sp³-hybridized carbons (Fsp3) is 0.476. The van der Waals surface area contributed by atoms with Crippen LogP contribution in [0.4, 0.5) is 24.7 Å². The maximum absolute atomic E-state index is 14.7. The van der Waals surface area contributed by atoms with Gasteiger partial charge in [0.25, 0.3) is 6.43 Å². The van der Waals surface area contributed by atoms with Crippen LogP contribution in [0.25, 0.3) is 0 Å². The quantitative estimate of drug-likeness (QED) is 0.787. The summed E-state index contributed by atoms with van der Waals surface area (Å²) in [5, 5.41) is 0. The molecule has 1 aromatic heterocycles. The molecule has 28 heavy (non-hydrogen) atoms. The van der Waals surface area contributed by atoms with Crippen LogP contribution >= 0.6 is 0 Å². The standard InChI is InChI=1S/C21H27F3N4/c1-12-11-28(8-7-27(12)4)19-6-5-16(14(3)26-19)13(2)17-9-15(25)10-18(20(17)22)21(23)24/h5-6,9-10,12-13,21H,7-8,11,25H2,1-4H3/t12-,13-/m1/s1. The molecule has 2 heterocycles. The van der Waals surface area contributed by atoms with Crippen LogP contribution in [-0.2, 0) is 0 Å². The van der Waals surface area contributed by atoms with Crippen molar-refractivity contribution in [2.45, 2.75) is 39.2 Å². The molecule has 2 aromatic rings. The normalized spacial score (nSPS) is 19.3. The van der Waals surface area contributed by atoms with Crippen molar-refractivity contribution in [3.8, 4) is 0 Å². The predicted molar refractivity (Wildman–Crippen MR) is 107 cm³/mol. The summed E-state index contributed by atoms with van der Waals surface area (Å²) in [6.45, 7) is 8.58. The molecule has 1 aliphatic heterocycles. The molecular formula is C21H27F3N4. The summed E-state index contributed by atoms with van der Waals surface area (Å²) >= 11 is 0. The van der Waals surface area contributed by atoms with E-state index in [9.17, 15) is 13.2 Å². The van der Waals surface area contributed by atoms with Crippen molar-refractivity contribution in [3.63, 3.8) is 0 Å². The van der Waals surface area contributed by atoms with E-state index in [1.54, 1.807) is 6.92 Å². The number of nitrogen functional groups attached to an aromatic ring is 1. The molecule has 4 nitrogen and oxygen atoms in total. The van der Waals surface area contributed by atoms with E-state index in [4.69, 9.17) is 10.7 Å². The van der Waals surface area contributed by atoms with Gasteiger partial charge >= 0.3 is 0 Å². The maximum atomic E-state index is 14.7. The SMILES string of the molecule is Cc1nc(N2CCN(C)[C@H](C)C2)ccc1[C@@H](C)c1cc(N)cc(C(F)F)c1F. The zero-order valence-corrected chi connectivity index (χ0v) is 16.7. The minimum atomic E-state index is -2.91. The highest BCUT2D eigenvalue weighted by atomic mass is 19.3. The Morgan fingerprint density at radius 1 is 1.14 bits per heavy atom. The first-order valence-corrected chi connectivity index (χ1v) is 9.48. The van der Waals surface area contributed by atoms with Gasteiger partial charge in [-0.1, -0.05) is 13.0 Å². The lowest BCUT2D eigenvalue weighted by Crippen LogP contribution is -2.50. The molecule has 0 unspecified atom stereocenters. The number of rotatable bonds is 4. The number of halogens is 3. The van der Waals surface area contributed by atoms with Gasteiger partial charge in [-0.3, -0.25) is 0 Å². The van der Waals surface area contributed by atoms with E-state index in [0.29, 0.717) is 6.04 Å². The molecule has 0 radical (unpaired) electrons. The summed E-state index contributed by atoms with van der Waals surface area (Å²) in [6, 6.07) is 6.70. The smallest absolute Gasteiger partial charge is 0.266 e. The molecule has 7 heteroatoms. The maximum Gasteiger partial charge on any atom is 0.266 e. The number of aryl methyl sites for hydroxylation is 1. The van der Waals surface area contributed by atoms with Crippen molar-refractivity contribution in [2.75, 3.05) is 37.3 Å². The molecule has 2 atom stereocenters. The number of likely N-dealkylation sites (N-methyl/N-ethyl adjacent to an activating group) is 1. The number of alkyl halides is 2. The van der Waals surface area contributed by atoms with Crippen LogP contribution in [-0.4, -0.2) is 42.6 Å². The summed E-state index contributed by atoms with van der Waals surface area (Å²) in [6.07, 6.45) is -2.91. The van der Waals surface area contributed by atoms with Gasteiger partial charge in [0.15, 0.2) is 0 Å². The van der Waals surface area contributed by atoms with Gasteiger partial charge in [-0.2, -0.15) is 0 Å². The summed E-state index contributed by atoms with van der Waals surface area (Å²) in [5.74, 6) is -0.447. The third-order valence-electron chi connectivity index (χ3n) is 5.72. The van der Waals surface area contributed by atoms with Crippen LogP contribution < -0.4 is 10.6 Å². The number of nitrogens with zero attached hydrogens (tertiary/aromatic N) is 3. The Kier molecular flexibility index (Phi) is 5.84. The van der Waals surface area contributed by atoms with Gasteiger partial charge in [0.05, 0.1) is 5.56 Å². The van der Waals surface area contributed by atoms with E-state index < -0.39 is 23.7 Å². The van der Waals surface area contributed by atoms with Crippen LogP contribution in [0.15, 0.2) is 24.3 Å². The number of hydrogen-bond acceptors (Lipinski definition) is 4. The molecule has 1 saturated heterocycles. The fourth-order valence-electron chi connectivity index (χ4n) is 3.78. The van der Waals surface area contributed by atoms with E-state index in [2.05, 4.69) is 23.8 Å². The molecule has 3 rings (SSSR count). The monoisotopic (exact) mass is 392 g/mol. The van der Waals surface area contributed by atoms with Crippen LogP contribution in [0.5, 0.6) is 0 Å². The second kappa shape index (κ2) is 7.99. The van der Waals surface area contributed by atoms with Gasteiger partial charge in [-0.15, -0.1) is 0 Å². The zero-order valence-electron chi connectivity index (χ0n) is 16.7. The molecule has 2 N–H and O–H groups in total. The zero-order chi connectivity index (χ0) is 20.6. The van der Waals surface area contributed by atoms with E-state index in [1.165, 1.54) is 6.07 Å². The van der Waals surface area contributed by atoms with Crippen molar-refractivity contribution in [1.29, 1.82) is 0 Å². The lowest BCUT2D eigenvalue weighted by molar-refractivity contribution is 0.146. The number of aromatic nitrogens is 1. The van der Waals surface area contributed by atoms with Crippen molar-refractivity contribution < 1.29 is 13.2 Å². The Hall–Kier alpha value is -2.28. The van der Waals surface area contributed by atoms with Crippen LogP contribution in [0.2, 0.25) is 0 Å². The first-order chi connectivity index (χ1) is 13.2. The molecule has 152 valence electrons. The number of benzene rings is 1. The predicted octanol–water partition coefficient (Wildman–Crippen LogP) is 4.34. The largest absolute Gasteiger partial charge is 0.399 e. The Labute approximate surface area is 164 Å². The average molecular weight is 392 g/mol. The first-order valence-electron chi connectivity index (χ1n) is 9.48. The number of anilines is 2. The van der Waals surface area contributed by atoms with Gasteiger partial charge in [-0.05, 0) is 50.2 Å². The molecule has 1 fully saturated rings. The van der Waals surface area contributed by atoms with Crippen molar-refractivity contribution in [2.24, 2.45) is 0 Å². The number of pyridine rings is 1. The lowest BCUT2D eigenvalue weighted by atomic mass is 9.90. The number of hydrogen-bond donors (Lipinski definition) is 1. The van der Waals surface area contributed by atoms with Crippen molar-refractivity contribution in [1.82, 2.24) is 9.88 Å². The molecule has 0 saturated carbocycles. The average Bonchev–Trinajstić information content (AvgIpc) is 2.64. The summed E-state index contributed by atoms with van der Waals surface area (Å²) in [4.78, 5) is 9.26. The highest BCUT2D eigenvalue weighted by molar-refractivity contribution is 5.51. The fourth-order valence-corrected chi connectivity index (χ4v) is 3.78. The van der Waals surface area contributed by atoms with Crippen LogP contribution in [0.3, 0.4) is 0 Å². The first kappa shape index (κ1) is 20.5. The van der Waals surface area contributed by atoms with Crippen molar-refractivity contribution >= 4 is 11.5 Å². The van der Waals surface area contributed by atoms with Gasteiger partial charge in [0.2, 0.25) is 0 Å². The Balaban J connectivity index is 1.91. The van der Waals surface area contributed by atoms with Gasteiger partial charge in [-0.25, -0.2) is 18.2 Å². The van der Waals surface area contributed by atoms with Crippen LogP contribution in [0, 0.1) is 12.7 Å². The number of nitrogens with two attached hydrogens (primary N) is 1. The molecular weight excluding hydrogens is 365 g/mol. The van der Waals surface area contributed by atoms with Gasteiger partial charge < -0.3 is 15.5 Å². The third-order valence-corrected chi connectivity index (χ3v) is 5.72. The second-order valence-corrected chi connectivity index (χ2v) is 7.66. The topological polar surface area (TPSA) is 45.4 Å². The molecule has 0 bridgehead atoms. The lowest BCUT2D eigenvalue weighted by Gasteiger charge is -2.38. The molecule has 0 spiro atoms. The summed E-state index contributed by atoms with van der Waals surface area (Å²) < 4.78 is 40.9. The summed E-state index contributed by atoms with van der Waals surface area (Å²) in [7, 11) is 2.11.